The van der Waals surface area contributed by atoms with Gasteiger partial charge in [-0.3, -0.25) is 9.59 Å². The standard InChI is InChI=1S/C22H27ClN4O2/c23-20-6-2-1-5-18(20)12-24-21(28)10-17-4-3-9-26(14-17)19-11-22(29)27(25-13-19)15-16-7-8-16/h1-2,5-6,11,13,16-17H,3-4,7-10,12,14-15H2,(H,24,28). The zero-order chi connectivity index (χ0) is 20.2. The Morgan fingerprint density at radius 2 is 2.03 bits per heavy atom. The molecule has 29 heavy (non-hydrogen) atoms. The van der Waals surface area contributed by atoms with Gasteiger partial charge in [0, 0.05) is 43.7 Å². The summed E-state index contributed by atoms with van der Waals surface area (Å²) in [5.74, 6) is 0.924. The van der Waals surface area contributed by atoms with Gasteiger partial charge >= 0.3 is 0 Å². The van der Waals surface area contributed by atoms with Crippen molar-refractivity contribution >= 4 is 23.2 Å². The number of aromatic nitrogens is 2. The molecule has 1 aliphatic carbocycles. The molecule has 2 aliphatic rings. The second-order valence-corrected chi connectivity index (χ2v) is 8.61. The molecule has 1 unspecified atom stereocenters. The highest BCUT2D eigenvalue weighted by atomic mass is 35.5. The lowest BCUT2D eigenvalue weighted by atomic mass is 9.94. The van der Waals surface area contributed by atoms with Gasteiger partial charge in [-0.1, -0.05) is 29.8 Å². The lowest BCUT2D eigenvalue weighted by molar-refractivity contribution is -0.122. The zero-order valence-electron chi connectivity index (χ0n) is 16.5. The van der Waals surface area contributed by atoms with Crippen molar-refractivity contribution in [3.63, 3.8) is 0 Å². The molecule has 2 fully saturated rings. The van der Waals surface area contributed by atoms with E-state index in [1.165, 1.54) is 12.8 Å². The number of halogens is 1. The Labute approximate surface area is 175 Å². The number of hydrogen-bond acceptors (Lipinski definition) is 4. The average molecular weight is 415 g/mol. The molecule has 0 bridgehead atoms. The molecule has 1 atom stereocenters. The van der Waals surface area contributed by atoms with Gasteiger partial charge < -0.3 is 10.2 Å². The predicted molar refractivity (Wildman–Crippen MR) is 114 cm³/mol. The van der Waals surface area contributed by atoms with Gasteiger partial charge in [0.25, 0.3) is 5.56 Å². The summed E-state index contributed by atoms with van der Waals surface area (Å²) in [6.45, 7) is 2.84. The quantitative estimate of drug-likeness (QED) is 0.755. The fraction of sp³-hybridized carbons (Fsp3) is 0.500. The molecule has 1 saturated heterocycles. The van der Waals surface area contributed by atoms with Crippen LogP contribution in [0.1, 0.15) is 37.7 Å². The Morgan fingerprint density at radius 3 is 2.79 bits per heavy atom. The highest BCUT2D eigenvalue weighted by Gasteiger charge is 2.25. The monoisotopic (exact) mass is 414 g/mol. The van der Waals surface area contributed by atoms with E-state index < -0.39 is 0 Å². The van der Waals surface area contributed by atoms with E-state index in [1.807, 2.05) is 24.3 Å². The number of carbonyl (C=O) groups excluding carboxylic acids is 1. The van der Waals surface area contributed by atoms with Crippen molar-refractivity contribution in [2.75, 3.05) is 18.0 Å². The molecule has 4 rings (SSSR count). The van der Waals surface area contributed by atoms with Crippen LogP contribution in [0.4, 0.5) is 5.69 Å². The van der Waals surface area contributed by atoms with E-state index in [1.54, 1.807) is 16.9 Å². The van der Waals surface area contributed by atoms with Crippen LogP contribution in [0.3, 0.4) is 0 Å². The van der Waals surface area contributed by atoms with E-state index in [-0.39, 0.29) is 17.4 Å². The Bertz CT molecular complexity index is 925. The molecule has 0 radical (unpaired) electrons. The first-order valence-corrected chi connectivity index (χ1v) is 10.8. The Kier molecular flexibility index (Phi) is 6.19. The highest BCUT2D eigenvalue weighted by molar-refractivity contribution is 6.31. The van der Waals surface area contributed by atoms with E-state index in [2.05, 4.69) is 15.3 Å². The van der Waals surface area contributed by atoms with Crippen molar-refractivity contribution in [2.45, 2.75) is 45.2 Å². The van der Waals surface area contributed by atoms with Crippen molar-refractivity contribution in [1.29, 1.82) is 0 Å². The number of amides is 1. The third-order valence-electron chi connectivity index (χ3n) is 5.78. The number of benzene rings is 1. The highest BCUT2D eigenvalue weighted by Crippen LogP contribution is 2.30. The van der Waals surface area contributed by atoms with E-state index in [9.17, 15) is 9.59 Å². The summed E-state index contributed by atoms with van der Waals surface area (Å²) < 4.78 is 1.57. The Balaban J connectivity index is 1.31. The molecule has 6 nitrogen and oxygen atoms in total. The van der Waals surface area contributed by atoms with Crippen molar-refractivity contribution in [2.24, 2.45) is 11.8 Å². The maximum absolute atomic E-state index is 12.4. The number of piperidine rings is 1. The summed E-state index contributed by atoms with van der Waals surface area (Å²) in [5.41, 5.74) is 1.75. The average Bonchev–Trinajstić information content (AvgIpc) is 3.53. The van der Waals surface area contributed by atoms with Crippen LogP contribution in [0.2, 0.25) is 5.02 Å². The summed E-state index contributed by atoms with van der Waals surface area (Å²) in [6, 6.07) is 9.23. The molecule has 1 aliphatic heterocycles. The van der Waals surface area contributed by atoms with Crippen molar-refractivity contribution < 1.29 is 4.79 Å². The Hall–Kier alpha value is -2.34. The van der Waals surface area contributed by atoms with E-state index >= 15 is 0 Å². The van der Waals surface area contributed by atoms with Gasteiger partial charge in [0.2, 0.25) is 5.91 Å². The minimum Gasteiger partial charge on any atom is -0.370 e. The minimum atomic E-state index is -0.0333. The van der Waals surface area contributed by atoms with Crippen molar-refractivity contribution in [3.8, 4) is 0 Å². The minimum absolute atomic E-state index is 0.0333. The molecule has 154 valence electrons. The summed E-state index contributed by atoms with van der Waals surface area (Å²) in [6.07, 6.45) is 6.69. The van der Waals surface area contributed by atoms with Gasteiger partial charge in [-0.15, -0.1) is 0 Å². The van der Waals surface area contributed by atoms with Gasteiger partial charge in [-0.2, -0.15) is 5.10 Å². The fourth-order valence-electron chi connectivity index (χ4n) is 3.92. The molecule has 2 heterocycles. The van der Waals surface area contributed by atoms with E-state index in [4.69, 9.17) is 11.6 Å². The lowest BCUT2D eigenvalue weighted by Gasteiger charge is -2.34. The molecular formula is C22H27ClN4O2. The number of carbonyl (C=O) groups is 1. The van der Waals surface area contributed by atoms with Crippen LogP contribution in [0.25, 0.3) is 0 Å². The number of nitrogens with zero attached hydrogens (tertiary/aromatic N) is 3. The Morgan fingerprint density at radius 1 is 1.21 bits per heavy atom. The molecule has 2 aromatic rings. The van der Waals surface area contributed by atoms with Crippen LogP contribution in [0.15, 0.2) is 41.3 Å². The first kappa shape index (κ1) is 20.0. The number of anilines is 1. The smallest absolute Gasteiger partial charge is 0.268 e. The molecule has 1 aromatic heterocycles. The largest absolute Gasteiger partial charge is 0.370 e. The second-order valence-electron chi connectivity index (χ2n) is 8.20. The number of rotatable bonds is 7. The predicted octanol–water partition coefficient (Wildman–Crippen LogP) is 3.23. The third kappa shape index (κ3) is 5.38. The van der Waals surface area contributed by atoms with E-state index in [0.29, 0.717) is 23.9 Å². The van der Waals surface area contributed by atoms with Gasteiger partial charge in [0.15, 0.2) is 0 Å². The maximum atomic E-state index is 12.4. The normalized spacial score (nSPS) is 19.2. The molecule has 0 spiro atoms. The van der Waals surface area contributed by atoms with Gasteiger partial charge in [-0.25, -0.2) is 4.68 Å². The second kappa shape index (κ2) is 8.99. The molecular weight excluding hydrogens is 388 g/mol. The van der Waals surface area contributed by atoms with Crippen LogP contribution in [0, 0.1) is 11.8 Å². The lowest BCUT2D eigenvalue weighted by Crippen LogP contribution is -2.38. The van der Waals surface area contributed by atoms with Crippen LogP contribution in [-0.2, 0) is 17.9 Å². The first-order chi connectivity index (χ1) is 14.1. The van der Waals surface area contributed by atoms with Gasteiger partial charge in [-0.05, 0) is 49.1 Å². The summed E-state index contributed by atoms with van der Waals surface area (Å²) in [4.78, 5) is 26.9. The summed E-state index contributed by atoms with van der Waals surface area (Å²) in [7, 11) is 0. The van der Waals surface area contributed by atoms with Crippen molar-refractivity contribution in [1.82, 2.24) is 15.1 Å². The number of nitrogens with one attached hydrogen (secondary N) is 1. The molecule has 1 aromatic carbocycles. The molecule has 1 amide bonds. The van der Waals surface area contributed by atoms with Gasteiger partial charge in [0.05, 0.1) is 11.9 Å². The van der Waals surface area contributed by atoms with Crippen molar-refractivity contribution in [3.05, 3.63) is 57.5 Å². The summed E-state index contributed by atoms with van der Waals surface area (Å²) >= 11 is 6.15. The molecule has 1 N–H and O–H groups in total. The number of hydrogen-bond donors (Lipinski definition) is 1. The van der Waals surface area contributed by atoms with Gasteiger partial charge in [0.1, 0.15) is 0 Å². The van der Waals surface area contributed by atoms with Crippen LogP contribution in [-0.4, -0.2) is 28.8 Å². The first-order valence-electron chi connectivity index (χ1n) is 10.4. The fourth-order valence-corrected chi connectivity index (χ4v) is 4.12. The summed E-state index contributed by atoms with van der Waals surface area (Å²) in [5, 5.41) is 8.00. The third-order valence-corrected chi connectivity index (χ3v) is 6.14. The maximum Gasteiger partial charge on any atom is 0.268 e. The van der Waals surface area contributed by atoms with E-state index in [0.717, 1.165) is 43.7 Å². The van der Waals surface area contributed by atoms with Crippen LogP contribution in [0.5, 0.6) is 0 Å². The zero-order valence-corrected chi connectivity index (χ0v) is 17.3. The van der Waals surface area contributed by atoms with Crippen LogP contribution < -0.4 is 15.8 Å². The molecule has 7 heteroatoms. The SMILES string of the molecule is O=C(CC1CCCN(c2cnn(CC3CC3)c(=O)c2)C1)NCc1ccccc1Cl. The topological polar surface area (TPSA) is 67.2 Å². The molecule has 1 saturated carbocycles. The van der Waals surface area contributed by atoms with Crippen LogP contribution >= 0.6 is 11.6 Å².